The molecule has 0 atom stereocenters. The minimum Gasteiger partial charge on any atom is -0.496 e. The molecule has 1 aliphatic heterocycles. The molecule has 0 radical (unpaired) electrons. The van der Waals surface area contributed by atoms with Crippen molar-refractivity contribution in [2.45, 2.75) is 0 Å². The maximum atomic E-state index is 13.3. The van der Waals surface area contributed by atoms with Crippen molar-refractivity contribution in [2.75, 3.05) is 60.5 Å². The van der Waals surface area contributed by atoms with Crippen molar-refractivity contribution in [2.24, 2.45) is 0 Å². The van der Waals surface area contributed by atoms with Gasteiger partial charge in [-0.15, -0.1) is 0 Å². The molecule has 186 valence electrons. The average Bonchev–Trinajstić information content (AvgIpc) is 3.35. The third-order valence-electron chi connectivity index (χ3n) is 6.75. The zero-order valence-electron chi connectivity index (χ0n) is 21.1. The fourth-order valence-electron chi connectivity index (χ4n) is 4.64. The zero-order chi connectivity index (χ0) is 25.1. The van der Waals surface area contributed by atoms with Crippen LogP contribution in [0.3, 0.4) is 0 Å². The maximum Gasteiger partial charge on any atom is 0.253 e. The minimum absolute atomic E-state index is 0.0798. The Kier molecular flexibility index (Phi) is 6.97. The highest BCUT2D eigenvalue weighted by molar-refractivity contribution is 5.97. The number of para-hydroxylation sites is 1. The lowest BCUT2D eigenvalue weighted by atomic mass is 10.0. The number of amides is 1. The van der Waals surface area contributed by atoms with Crippen LogP contribution in [0.15, 0.2) is 60.8 Å². The van der Waals surface area contributed by atoms with Crippen LogP contribution in [-0.4, -0.2) is 96.3 Å². The number of carbonyl (C=O) groups is 1. The van der Waals surface area contributed by atoms with Crippen LogP contribution in [0, 0.1) is 0 Å². The van der Waals surface area contributed by atoms with Gasteiger partial charge >= 0.3 is 0 Å². The number of aromatic nitrogens is 3. The predicted octanol–water partition coefficient (Wildman–Crippen LogP) is 3.62. The second-order valence-electron chi connectivity index (χ2n) is 9.41. The van der Waals surface area contributed by atoms with Crippen LogP contribution in [0.5, 0.6) is 5.75 Å². The molecule has 0 saturated carbocycles. The summed E-state index contributed by atoms with van der Waals surface area (Å²) < 4.78 is 5.55. The van der Waals surface area contributed by atoms with Gasteiger partial charge in [0.2, 0.25) is 0 Å². The first-order chi connectivity index (χ1) is 17.5. The number of hydrogen-bond acceptors (Lipinski definition) is 6. The van der Waals surface area contributed by atoms with Crippen LogP contribution in [0.1, 0.15) is 10.4 Å². The highest BCUT2D eigenvalue weighted by Gasteiger charge is 2.22. The lowest BCUT2D eigenvalue weighted by Gasteiger charge is -2.35. The van der Waals surface area contributed by atoms with E-state index in [1.807, 2.05) is 59.6 Å². The molecule has 1 fully saturated rings. The summed E-state index contributed by atoms with van der Waals surface area (Å²) in [5.41, 5.74) is 5.01. The van der Waals surface area contributed by atoms with E-state index in [9.17, 15) is 4.79 Å². The lowest BCUT2D eigenvalue weighted by Crippen LogP contribution is -2.49. The maximum absolute atomic E-state index is 13.3. The van der Waals surface area contributed by atoms with Crippen molar-refractivity contribution in [3.63, 3.8) is 0 Å². The monoisotopic (exact) mass is 484 g/mol. The smallest absolute Gasteiger partial charge is 0.253 e. The number of ether oxygens (including phenoxy) is 1. The van der Waals surface area contributed by atoms with Gasteiger partial charge in [-0.3, -0.25) is 14.8 Å². The molecule has 8 heteroatoms. The van der Waals surface area contributed by atoms with E-state index in [1.165, 1.54) is 0 Å². The number of rotatable bonds is 7. The van der Waals surface area contributed by atoms with Crippen molar-refractivity contribution in [3.8, 4) is 28.1 Å². The number of nitrogens with zero attached hydrogens (tertiary/aromatic N) is 5. The third-order valence-corrected chi connectivity index (χ3v) is 6.75. The molecular formula is C28H32N6O2. The molecule has 1 N–H and O–H groups in total. The van der Waals surface area contributed by atoms with Crippen LogP contribution in [0.25, 0.3) is 33.4 Å². The largest absolute Gasteiger partial charge is 0.496 e. The van der Waals surface area contributed by atoms with Gasteiger partial charge < -0.3 is 14.5 Å². The topological polar surface area (TPSA) is 77.6 Å². The Morgan fingerprint density at radius 1 is 1.03 bits per heavy atom. The molecule has 2 aromatic heterocycles. The van der Waals surface area contributed by atoms with E-state index in [0.717, 1.165) is 72.8 Å². The summed E-state index contributed by atoms with van der Waals surface area (Å²) in [4.78, 5) is 24.4. The zero-order valence-corrected chi connectivity index (χ0v) is 21.1. The molecule has 5 rings (SSSR count). The fourth-order valence-corrected chi connectivity index (χ4v) is 4.64. The Bertz CT molecular complexity index is 1360. The number of nitrogens with one attached hydrogen (secondary N) is 1. The summed E-state index contributed by atoms with van der Waals surface area (Å²) in [7, 11) is 5.84. The SMILES string of the molecule is COc1ccccc1-c1[nH]nc2ncc(-c3cccc(C(=O)N4CCN(CCN(C)C)CC4)c3)cc12. The van der Waals surface area contributed by atoms with E-state index in [-0.39, 0.29) is 5.91 Å². The molecule has 1 saturated heterocycles. The van der Waals surface area contributed by atoms with Crippen molar-refractivity contribution in [1.82, 2.24) is 29.9 Å². The Hall–Kier alpha value is -3.75. The first-order valence-corrected chi connectivity index (χ1v) is 12.3. The van der Waals surface area contributed by atoms with Gasteiger partial charge in [0.1, 0.15) is 5.75 Å². The first-order valence-electron chi connectivity index (χ1n) is 12.3. The summed E-state index contributed by atoms with van der Waals surface area (Å²) in [5, 5.41) is 8.40. The molecule has 1 aliphatic rings. The van der Waals surface area contributed by atoms with Gasteiger partial charge in [-0.25, -0.2) is 4.98 Å². The van der Waals surface area contributed by atoms with E-state index < -0.39 is 0 Å². The van der Waals surface area contributed by atoms with E-state index in [1.54, 1.807) is 7.11 Å². The molecule has 0 spiro atoms. The molecule has 0 unspecified atom stereocenters. The van der Waals surface area contributed by atoms with Crippen molar-refractivity contribution in [1.29, 1.82) is 0 Å². The number of piperazine rings is 1. The molecule has 3 heterocycles. The van der Waals surface area contributed by atoms with Gasteiger partial charge in [0.25, 0.3) is 5.91 Å². The summed E-state index contributed by atoms with van der Waals surface area (Å²) in [6.07, 6.45) is 1.81. The van der Waals surface area contributed by atoms with Gasteiger partial charge in [-0.2, -0.15) is 5.10 Å². The number of aromatic amines is 1. The van der Waals surface area contributed by atoms with Gasteiger partial charge in [0.05, 0.1) is 12.8 Å². The number of fused-ring (bicyclic) bond motifs is 1. The molecule has 0 bridgehead atoms. The number of likely N-dealkylation sites (N-methyl/N-ethyl adjacent to an activating group) is 1. The normalized spacial score (nSPS) is 14.5. The first kappa shape index (κ1) is 24.0. The van der Waals surface area contributed by atoms with Crippen LogP contribution in [-0.2, 0) is 0 Å². The molecule has 2 aromatic carbocycles. The van der Waals surface area contributed by atoms with E-state index >= 15 is 0 Å². The van der Waals surface area contributed by atoms with Gasteiger partial charge in [-0.05, 0) is 50.0 Å². The quantitative estimate of drug-likeness (QED) is 0.432. The number of benzene rings is 2. The molecule has 8 nitrogen and oxygen atoms in total. The van der Waals surface area contributed by atoms with Crippen LogP contribution >= 0.6 is 0 Å². The van der Waals surface area contributed by atoms with Crippen LogP contribution in [0.4, 0.5) is 0 Å². The highest BCUT2D eigenvalue weighted by atomic mass is 16.5. The second-order valence-corrected chi connectivity index (χ2v) is 9.41. The van der Waals surface area contributed by atoms with E-state index in [2.05, 4.69) is 45.1 Å². The lowest BCUT2D eigenvalue weighted by molar-refractivity contribution is 0.0630. The summed E-state index contributed by atoms with van der Waals surface area (Å²) in [6.45, 7) is 5.38. The van der Waals surface area contributed by atoms with Crippen LogP contribution < -0.4 is 4.74 Å². The third kappa shape index (κ3) is 4.96. The molecule has 1 amide bonds. The second kappa shape index (κ2) is 10.5. The number of pyridine rings is 1. The van der Waals surface area contributed by atoms with Gasteiger partial charge in [0, 0.05) is 67.5 Å². The van der Waals surface area contributed by atoms with Crippen LogP contribution in [0.2, 0.25) is 0 Å². The number of methoxy groups -OCH3 is 1. The number of carbonyl (C=O) groups excluding carboxylic acids is 1. The molecule has 0 aliphatic carbocycles. The molecule has 36 heavy (non-hydrogen) atoms. The number of hydrogen-bond donors (Lipinski definition) is 1. The Balaban J connectivity index is 1.37. The summed E-state index contributed by atoms with van der Waals surface area (Å²) >= 11 is 0. The number of H-pyrrole nitrogens is 1. The fraction of sp³-hybridized carbons (Fsp3) is 0.321. The standard InChI is InChI=1S/C28H32N6O2/c1-32(2)11-12-33-13-15-34(16-14-33)28(35)21-8-6-7-20(17-21)22-18-24-26(30-31-27(24)29-19-22)23-9-4-5-10-25(23)36-3/h4-10,17-19H,11-16H2,1-3H3,(H,29,30,31). The molecular weight excluding hydrogens is 452 g/mol. The minimum atomic E-state index is 0.0798. The Labute approximate surface area is 211 Å². The van der Waals surface area contributed by atoms with Gasteiger partial charge in [-0.1, -0.05) is 24.3 Å². The predicted molar refractivity (Wildman–Crippen MR) is 142 cm³/mol. The highest BCUT2D eigenvalue weighted by Crippen LogP contribution is 2.34. The summed E-state index contributed by atoms with van der Waals surface area (Å²) in [5.74, 6) is 0.846. The van der Waals surface area contributed by atoms with E-state index in [4.69, 9.17) is 4.74 Å². The van der Waals surface area contributed by atoms with Crippen molar-refractivity contribution >= 4 is 16.9 Å². The Morgan fingerprint density at radius 2 is 1.83 bits per heavy atom. The average molecular weight is 485 g/mol. The summed E-state index contributed by atoms with van der Waals surface area (Å²) in [6, 6.07) is 17.7. The molecule has 4 aromatic rings. The Morgan fingerprint density at radius 3 is 2.61 bits per heavy atom. The van der Waals surface area contributed by atoms with Crippen molar-refractivity contribution < 1.29 is 9.53 Å². The van der Waals surface area contributed by atoms with Gasteiger partial charge in [0.15, 0.2) is 5.65 Å². The van der Waals surface area contributed by atoms with E-state index in [0.29, 0.717) is 11.2 Å². The van der Waals surface area contributed by atoms with Crippen molar-refractivity contribution in [3.05, 3.63) is 66.4 Å².